The van der Waals surface area contributed by atoms with Crippen molar-refractivity contribution in [1.82, 2.24) is 5.32 Å². The summed E-state index contributed by atoms with van der Waals surface area (Å²) in [6.07, 6.45) is 6.47. The summed E-state index contributed by atoms with van der Waals surface area (Å²) in [5, 5.41) is 3.71. The van der Waals surface area contributed by atoms with Gasteiger partial charge in [0, 0.05) is 17.1 Å². The first-order chi connectivity index (χ1) is 8.61. The predicted molar refractivity (Wildman–Crippen MR) is 81.9 cm³/mol. The van der Waals surface area contributed by atoms with Gasteiger partial charge in [0.1, 0.15) is 0 Å². The number of nitrogens with one attached hydrogen (secondary N) is 1. The highest BCUT2D eigenvalue weighted by Crippen LogP contribution is 2.30. The van der Waals surface area contributed by atoms with E-state index in [0.717, 1.165) is 12.6 Å². The van der Waals surface area contributed by atoms with Crippen LogP contribution in [0.3, 0.4) is 0 Å². The van der Waals surface area contributed by atoms with Gasteiger partial charge in [-0.3, -0.25) is 0 Å². The van der Waals surface area contributed by atoms with Crippen molar-refractivity contribution in [3.63, 3.8) is 0 Å². The first-order valence-corrected chi connectivity index (χ1v) is 7.88. The number of hydrogen-bond acceptors (Lipinski definition) is 1. The van der Waals surface area contributed by atoms with Gasteiger partial charge in [0.15, 0.2) is 0 Å². The summed E-state index contributed by atoms with van der Waals surface area (Å²) in [5.74, 6) is 0. The lowest BCUT2D eigenvalue weighted by molar-refractivity contribution is 0.274. The molecule has 1 nitrogen and oxygen atoms in total. The largest absolute Gasteiger partial charge is 0.313 e. The smallest absolute Gasteiger partial charge is 0.0177 e. The summed E-state index contributed by atoms with van der Waals surface area (Å²) < 4.78 is 1.19. The zero-order valence-corrected chi connectivity index (χ0v) is 13.1. The molecule has 1 unspecified atom stereocenters. The summed E-state index contributed by atoms with van der Waals surface area (Å²) in [6.45, 7) is 5.86. The average molecular weight is 310 g/mol. The number of rotatable bonds is 7. The van der Waals surface area contributed by atoms with Gasteiger partial charge >= 0.3 is 0 Å². The van der Waals surface area contributed by atoms with Crippen molar-refractivity contribution in [2.75, 3.05) is 6.54 Å². The molecule has 0 aromatic heterocycles. The fourth-order valence-corrected chi connectivity index (χ4v) is 3.11. The van der Waals surface area contributed by atoms with E-state index in [-0.39, 0.29) is 0 Å². The monoisotopic (exact) mass is 309 g/mol. The molecule has 100 valence electrons. The van der Waals surface area contributed by atoms with Crippen LogP contribution in [0.4, 0.5) is 0 Å². The second-order valence-corrected chi connectivity index (χ2v) is 6.94. The Morgan fingerprint density at radius 1 is 1.39 bits per heavy atom. The summed E-state index contributed by atoms with van der Waals surface area (Å²) in [5.41, 5.74) is 1.83. The maximum atomic E-state index is 3.71. The van der Waals surface area contributed by atoms with Crippen LogP contribution in [0, 0.1) is 5.41 Å². The molecule has 0 bridgehead atoms. The molecule has 1 atom stereocenters. The Kier molecular flexibility index (Phi) is 4.85. The van der Waals surface area contributed by atoms with E-state index in [4.69, 9.17) is 0 Å². The Balaban J connectivity index is 1.98. The van der Waals surface area contributed by atoms with Crippen molar-refractivity contribution >= 4 is 15.9 Å². The van der Waals surface area contributed by atoms with Crippen LogP contribution < -0.4 is 5.32 Å². The minimum Gasteiger partial charge on any atom is -0.313 e. The highest BCUT2D eigenvalue weighted by atomic mass is 79.9. The molecule has 2 rings (SSSR count). The van der Waals surface area contributed by atoms with Crippen LogP contribution in [0.25, 0.3) is 0 Å². The lowest BCUT2D eigenvalue weighted by Crippen LogP contribution is -2.34. The molecule has 1 fully saturated rings. The van der Waals surface area contributed by atoms with Crippen molar-refractivity contribution < 1.29 is 0 Å². The van der Waals surface area contributed by atoms with E-state index in [1.54, 1.807) is 0 Å². The SMILES string of the molecule is CCCC(C)(CNC1CC1)Cc1cccc(Br)c1. The minimum absolute atomic E-state index is 0.387. The molecule has 1 saturated carbocycles. The van der Waals surface area contributed by atoms with Crippen LogP contribution in [0.1, 0.15) is 45.1 Å². The number of hydrogen-bond donors (Lipinski definition) is 1. The van der Waals surface area contributed by atoms with Gasteiger partial charge in [-0.15, -0.1) is 0 Å². The van der Waals surface area contributed by atoms with Gasteiger partial charge in [-0.2, -0.15) is 0 Å². The third-order valence-electron chi connectivity index (χ3n) is 3.77. The van der Waals surface area contributed by atoms with E-state index in [1.165, 1.54) is 42.1 Å². The fraction of sp³-hybridized carbons (Fsp3) is 0.625. The van der Waals surface area contributed by atoms with Crippen LogP contribution in [0.5, 0.6) is 0 Å². The molecule has 1 aromatic carbocycles. The molecular weight excluding hydrogens is 286 g/mol. The lowest BCUT2D eigenvalue weighted by Gasteiger charge is -2.30. The number of halogens is 1. The Hall–Kier alpha value is -0.340. The second-order valence-electron chi connectivity index (χ2n) is 6.02. The third kappa shape index (κ3) is 4.40. The van der Waals surface area contributed by atoms with Crippen LogP contribution in [0.2, 0.25) is 0 Å². The summed E-state index contributed by atoms with van der Waals surface area (Å²) in [4.78, 5) is 0. The van der Waals surface area contributed by atoms with Gasteiger partial charge < -0.3 is 5.32 Å². The van der Waals surface area contributed by atoms with Crippen LogP contribution in [0.15, 0.2) is 28.7 Å². The molecule has 1 aromatic rings. The quantitative estimate of drug-likeness (QED) is 0.779. The first kappa shape index (κ1) is 14.1. The van der Waals surface area contributed by atoms with Crippen molar-refractivity contribution in [2.24, 2.45) is 5.41 Å². The molecule has 0 saturated heterocycles. The van der Waals surface area contributed by atoms with Gasteiger partial charge in [-0.25, -0.2) is 0 Å². The van der Waals surface area contributed by atoms with E-state index in [1.807, 2.05) is 0 Å². The van der Waals surface area contributed by atoms with Crippen molar-refractivity contribution in [3.05, 3.63) is 34.3 Å². The van der Waals surface area contributed by atoms with Gasteiger partial charge in [0.05, 0.1) is 0 Å². The van der Waals surface area contributed by atoms with Crippen LogP contribution in [-0.4, -0.2) is 12.6 Å². The minimum atomic E-state index is 0.387. The molecule has 1 aliphatic rings. The fourth-order valence-electron chi connectivity index (χ4n) is 2.66. The molecule has 0 spiro atoms. The van der Waals surface area contributed by atoms with E-state index in [2.05, 4.69) is 59.4 Å². The van der Waals surface area contributed by atoms with Gasteiger partial charge in [0.2, 0.25) is 0 Å². The summed E-state index contributed by atoms with van der Waals surface area (Å²) in [6, 6.07) is 9.55. The topological polar surface area (TPSA) is 12.0 Å². The standard InChI is InChI=1S/C16H24BrN/c1-3-9-16(2,12-18-15-7-8-15)11-13-5-4-6-14(17)10-13/h4-6,10,15,18H,3,7-9,11-12H2,1-2H3. The Morgan fingerprint density at radius 3 is 2.78 bits per heavy atom. The van der Waals surface area contributed by atoms with E-state index < -0.39 is 0 Å². The third-order valence-corrected chi connectivity index (χ3v) is 4.26. The molecule has 18 heavy (non-hydrogen) atoms. The maximum absolute atomic E-state index is 3.71. The zero-order valence-electron chi connectivity index (χ0n) is 11.5. The molecule has 0 amide bonds. The van der Waals surface area contributed by atoms with E-state index in [0.29, 0.717) is 5.41 Å². The predicted octanol–water partition coefficient (Wildman–Crippen LogP) is 4.55. The summed E-state index contributed by atoms with van der Waals surface area (Å²) >= 11 is 3.57. The Morgan fingerprint density at radius 2 is 2.17 bits per heavy atom. The normalized spacial score (nSPS) is 18.6. The van der Waals surface area contributed by atoms with Crippen molar-refractivity contribution in [1.29, 1.82) is 0 Å². The van der Waals surface area contributed by atoms with Crippen LogP contribution in [-0.2, 0) is 6.42 Å². The highest BCUT2D eigenvalue weighted by Gasteiger charge is 2.28. The molecule has 1 N–H and O–H groups in total. The van der Waals surface area contributed by atoms with Gasteiger partial charge in [0.25, 0.3) is 0 Å². The summed E-state index contributed by atoms with van der Waals surface area (Å²) in [7, 11) is 0. The van der Waals surface area contributed by atoms with Gasteiger partial charge in [-0.1, -0.05) is 48.3 Å². The molecule has 0 radical (unpaired) electrons. The van der Waals surface area contributed by atoms with Crippen molar-refractivity contribution in [3.8, 4) is 0 Å². The Labute approximate surface area is 119 Å². The highest BCUT2D eigenvalue weighted by molar-refractivity contribution is 9.10. The van der Waals surface area contributed by atoms with E-state index >= 15 is 0 Å². The molecule has 0 heterocycles. The zero-order chi connectivity index (χ0) is 13.0. The molecule has 1 aliphatic carbocycles. The van der Waals surface area contributed by atoms with Gasteiger partial charge in [-0.05, 0) is 48.8 Å². The van der Waals surface area contributed by atoms with Crippen molar-refractivity contribution in [2.45, 2.75) is 52.0 Å². The second kappa shape index (κ2) is 6.21. The maximum Gasteiger partial charge on any atom is 0.0177 e. The van der Waals surface area contributed by atoms with E-state index in [9.17, 15) is 0 Å². The molecular formula is C16H24BrN. The molecule has 2 heteroatoms. The number of benzene rings is 1. The van der Waals surface area contributed by atoms with Crippen LogP contribution >= 0.6 is 15.9 Å². The molecule has 0 aliphatic heterocycles. The first-order valence-electron chi connectivity index (χ1n) is 7.09. The Bertz CT molecular complexity index is 386. The average Bonchev–Trinajstić information content (AvgIpc) is 3.10. The lowest BCUT2D eigenvalue weighted by atomic mass is 9.79.